The van der Waals surface area contributed by atoms with Crippen LogP contribution >= 0.6 is 45.2 Å². The Balaban J connectivity index is 2.54. The summed E-state index contributed by atoms with van der Waals surface area (Å²) in [4.78, 5) is 0. The number of hydrogen-bond donors (Lipinski definition) is 0. The van der Waals surface area contributed by atoms with Crippen molar-refractivity contribution >= 4 is 45.2 Å². The molecule has 0 amide bonds. The van der Waals surface area contributed by atoms with Crippen molar-refractivity contribution in [3.63, 3.8) is 0 Å². The van der Waals surface area contributed by atoms with E-state index in [1.54, 1.807) is 0 Å². The molecule has 1 nitrogen and oxygen atoms in total. The molecule has 1 rings (SSSR count). The smallest absolute Gasteiger partial charge is 0.112 e. The lowest BCUT2D eigenvalue weighted by Crippen LogP contribution is -2.14. The van der Waals surface area contributed by atoms with Crippen molar-refractivity contribution in [2.24, 2.45) is 5.92 Å². The summed E-state index contributed by atoms with van der Waals surface area (Å²) < 4.78 is 6.69. The molecule has 3 heteroatoms. The van der Waals surface area contributed by atoms with Crippen LogP contribution in [-0.4, -0.2) is 14.1 Å². The molecule has 1 heterocycles. The number of rotatable bonds is 0. The van der Waals surface area contributed by atoms with E-state index in [0.717, 1.165) is 0 Å². The van der Waals surface area contributed by atoms with Crippen LogP contribution < -0.4 is 0 Å². The van der Waals surface area contributed by atoms with Gasteiger partial charge in [-0.25, -0.2) is 0 Å². The van der Waals surface area contributed by atoms with Gasteiger partial charge in [-0.05, 0) is 6.92 Å². The van der Waals surface area contributed by atoms with Gasteiger partial charge in [-0.3, -0.25) is 0 Å². The average Bonchev–Trinajstić information content (AvgIpc) is 1.98. The molecular weight excluding hydrogens is 342 g/mol. The maximum Gasteiger partial charge on any atom is 0.112 e. The molecule has 0 bridgehead atoms. The lowest BCUT2D eigenvalue weighted by atomic mass is 10.1. The standard InChI is InChI=1S/C6H10I2O/c1-3-5(7)4(2)9-6(3)8/h3-6H,1-2H3. The third kappa shape index (κ3) is 1.71. The fourth-order valence-electron chi connectivity index (χ4n) is 0.976. The number of halogens is 2. The third-order valence-corrected chi connectivity index (χ3v) is 5.28. The lowest BCUT2D eigenvalue weighted by Gasteiger charge is -2.07. The van der Waals surface area contributed by atoms with Gasteiger partial charge in [0, 0.05) is 9.84 Å². The highest BCUT2D eigenvalue weighted by Crippen LogP contribution is 2.35. The fraction of sp³-hybridized carbons (Fsp3) is 1.00. The summed E-state index contributed by atoms with van der Waals surface area (Å²) >= 11 is 4.83. The highest BCUT2D eigenvalue weighted by molar-refractivity contribution is 14.1. The second-order valence-electron chi connectivity index (χ2n) is 2.50. The minimum atomic E-state index is 0.430. The van der Waals surface area contributed by atoms with E-state index in [1.807, 2.05) is 0 Å². The van der Waals surface area contributed by atoms with Crippen LogP contribution in [0.1, 0.15) is 13.8 Å². The zero-order chi connectivity index (χ0) is 7.02. The molecule has 54 valence electrons. The van der Waals surface area contributed by atoms with E-state index in [2.05, 4.69) is 59.0 Å². The summed E-state index contributed by atoms with van der Waals surface area (Å²) in [5.41, 5.74) is 0. The molecule has 0 aromatic rings. The van der Waals surface area contributed by atoms with Gasteiger partial charge in [0.2, 0.25) is 0 Å². The largest absolute Gasteiger partial charge is 0.364 e. The topological polar surface area (TPSA) is 9.23 Å². The normalized spacial score (nSPS) is 52.0. The Hall–Kier alpha value is 1.42. The molecule has 1 fully saturated rings. The molecule has 4 atom stereocenters. The summed E-state index contributed by atoms with van der Waals surface area (Å²) in [7, 11) is 0. The van der Waals surface area contributed by atoms with Gasteiger partial charge in [0.25, 0.3) is 0 Å². The molecule has 0 aromatic carbocycles. The van der Waals surface area contributed by atoms with Gasteiger partial charge >= 0.3 is 0 Å². The SMILES string of the molecule is CC1OC(I)C(C)C1I. The Kier molecular flexibility index (Phi) is 3.04. The van der Waals surface area contributed by atoms with Crippen LogP contribution in [-0.2, 0) is 4.74 Å². The summed E-state index contributed by atoms with van der Waals surface area (Å²) in [6.07, 6.45) is 0.447. The van der Waals surface area contributed by atoms with Gasteiger partial charge in [0.1, 0.15) is 4.11 Å². The van der Waals surface area contributed by atoms with Gasteiger partial charge in [-0.2, -0.15) is 0 Å². The fourth-order valence-corrected chi connectivity index (χ4v) is 3.23. The van der Waals surface area contributed by atoms with Crippen LogP contribution in [0.15, 0.2) is 0 Å². The van der Waals surface area contributed by atoms with E-state index in [-0.39, 0.29) is 0 Å². The maximum atomic E-state index is 5.56. The van der Waals surface area contributed by atoms with Crippen molar-refractivity contribution in [3.05, 3.63) is 0 Å². The zero-order valence-corrected chi connectivity index (χ0v) is 9.79. The van der Waals surface area contributed by atoms with Gasteiger partial charge in [0.05, 0.1) is 6.10 Å². The minimum absolute atomic E-state index is 0.430. The first kappa shape index (κ1) is 8.52. The molecule has 1 aliphatic rings. The summed E-state index contributed by atoms with van der Waals surface area (Å²) in [5, 5.41) is 0. The number of ether oxygens (including phenoxy) is 1. The van der Waals surface area contributed by atoms with Crippen LogP contribution in [0.5, 0.6) is 0 Å². The molecule has 1 aliphatic heterocycles. The van der Waals surface area contributed by atoms with Crippen molar-refractivity contribution in [2.45, 2.75) is 28.0 Å². The van der Waals surface area contributed by atoms with Crippen molar-refractivity contribution in [3.8, 4) is 0 Å². The highest BCUT2D eigenvalue weighted by atomic mass is 127. The molecule has 1 saturated heterocycles. The van der Waals surface area contributed by atoms with Gasteiger partial charge in [0.15, 0.2) is 0 Å². The Morgan fingerprint density at radius 2 is 1.78 bits per heavy atom. The van der Waals surface area contributed by atoms with E-state index < -0.39 is 0 Å². The first-order valence-electron chi connectivity index (χ1n) is 3.06. The van der Waals surface area contributed by atoms with Gasteiger partial charge in [-0.15, -0.1) is 0 Å². The van der Waals surface area contributed by atoms with Crippen molar-refractivity contribution in [1.82, 2.24) is 0 Å². The molecule has 0 aliphatic carbocycles. The molecule has 0 radical (unpaired) electrons. The zero-order valence-electron chi connectivity index (χ0n) is 5.47. The van der Waals surface area contributed by atoms with Crippen LogP contribution in [0.4, 0.5) is 0 Å². The summed E-state index contributed by atoms with van der Waals surface area (Å²) in [5.74, 6) is 0.709. The summed E-state index contributed by atoms with van der Waals surface area (Å²) in [6, 6.07) is 0. The van der Waals surface area contributed by atoms with E-state index >= 15 is 0 Å². The first-order valence-corrected chi connectivity index (χ1v) is 5.55. The molecule has 0 saturated carbocycles. The van der Waals surface area contributed by atoms with E-state index in [0.29, 0.717) is 20.1 Å². The average molecular weight is 352 g/mol. The maximum absolute atomic E-state index is 5.56. The van der Waals surface area contributed by atoms with Crippen molar-refractivity contribution in [2.75, 3.05) is 0 Å². The second kappa shape index (κ2) is 3.21. The van der Waals surface area contributed by atoms with E-state index in [1.165, 1.54) is 0 Å². The van der Waals surface area contributed by atoms with E-state index in [9.17, 15) is 0 Å². The molecule has 0 spiro atoms. The van der Waals surface area contributed by atoms with E-state index in [4.69, 9.17) is 4.74 Å². The molecule has 4 unspecified atom stereocenters. The lowest BCUT2D eigenvalue weighted by molar-refractivity contribution is 0.111. The Bertz CT molecular complexity index is 95.2. The van der Waals surface area contributed by atoms with Crippen LogP contribution in [0.3, 0.4) is 0 Å². The third-order valence-electron chi connectivity index (χ3n) is 1.71. The van der Waals surface area contributed by atoms with Gasteiger partial charge in [-0.1, -0.05) is 52.1 Å². The highest BCUT2D eigenvalue weighted by Gasteiger charge is 2.35. The monoisotopic (exact) mass is 352 g/mol. The molecule has 0 N–H and O–H groups in total. The summed E-state index contributed by atoms with van der Waals surface area (Å²) in [6.45, 7) is 4.39. The van der Waals surface area contributed by atoms with Crippen LogP contribution in [0, 0.1) is 5.92 Å². The Morgan fingerprint density at radius 3 is 1.89 bits per heavy atom. The molecule has 0 aromatic heterocycles. The predicted octanol–water partition coefficient (Wildman–Crippen LogP) is 2.61. The Morgan fingerprint density at radius 1 is 1.22 bits per heavy atom. The van der Waals surface area contributed by atoms with Crippen LogP contribution in [0.25, 0.3) is 0 Å². The number of alkyl halides is 2. The number of hydrogen-bond acceptors (Lipinski definition) is 1. The molecular formula is C6H10I2O. The van der Waals surface area contributed by atoms with Gasteiger partial charge < -0.3 is 4.74 Å². The molecule has 9 heavy (non-hydrogen) atoms. The quantitative estimate of drug-likeness (QED) is 0.481. The van der Waals surface area contributed by atoms with Crippen LogP contribution in [0.2, 0.25) is 0 Å². The van der Waals surface area contributed by atoms with Crippen molar-refractivity contribution < 1.29 is 4.74 Å². The second-order valence-corrected chi connectivity index (χ2v) is 5.16. The first-order chi connectivity index (χ1) is 4.13. The predicted molar refractivity (Wildman–Crippen MR) is 55.3 cm³/mol. The minimum Gasteiger partial charge on any atom is -0.364 e. The Labute approximate surface area is 83.2 Å². The van der Waals surface area contributed by atoms with Crippen molar-refractivity contribution in [1.29, 1.82) is 0 Å².